The van der Waals surface area contributed by atoms with E-state index in [4.69, 9.17) is 4.74 Å². The maximum atomic E-state index is 15.3. The minimum absolute atomic E-state index is 0.0846. The van der Waals surface area contributed by atoms with E-state index in [0.29, 0.717) is 37.3 Å². The molecule has 9 heteroatoms. The Kier molecular flexibility index (Phi) is 5.34. The first-order chi connectivity index (χ1) is 15.9. The number of fused-ring (bicyclic) bond motifs is 2. The number of nitrogens with one attached hydrogen (secondary N) is 1. The van der Waals surface area contributed by atoms with Crippen molar-refractivity contribution >= 4 is 28.7 Å². The minimum atomic E-state index is -1.31. The fourth-order valence-corrected chi connectivity index (χ4v) is 5.15. The third-order valence-corrected chi connectivity index (χ3v) is 6.89. The molecule has 2 fully saturated rings. The van der Waals surface area contributed by atoms with Gasteiger partial charge in [-0.3, -0.25) is 4.79 Å². The zero-order valence-electron chi connectivity index (χ0n) is 18.3. The molecule has 1 aromatic carbocycles. The summed E-state index contributed by atoms with van der Waals surface area (Å²) in [7, 11) is 0. The molecule has 3 unspecified atom stereocenters. The van der Waals surface area contributed by atoms with Crippen molar-refractivity contribution in [3.63, 3.8) is 0 Å². The molecular formula is C24H26FN3O5. The molecule has 2 aromatic rings. The molecule has 33 heavy (non-hydrogen) atoms. The molecule has 174 valence electrons. The predicted molar refractivity (Wildman–Crippen MR) is 120 cm³/mol. The second-order valence-electron chi connectivity index (χ2n) is 9.00. The number of carboxylic acid groups (broad SMARTS) is 1. The third-order valence-electron chi connectivity index (χ3n) is 6.89. The molecule has 1 saturated heterocycles. The Labute approximate surface area is 189 Å². The first-order valence-electron chi connectivity index (χ1n) is 11.3. The molecule has 2 N–H and O–H groups in total. The van der Waals surface area contributed by atoms with Gasteiger partial charge in [-0.05, 0) is 38.3 Å². The number of halogens is 1. The summed E-state index contributed by atoms with van der Waals surface area (Å²) in [6.07, 6.45) is 7.57. The number of carbonyl (C=O) groups is 2. The number of nitrogens with zero attached hydrogens (tertiary/aromatic N) is 2. The van der Waals surface area contributed by atoms with Crippen molar-refractivity contribution in [2.24, 2.45) is 11.8 Å². The molecule has 3 atom stereocenters. The van der Waals surface area contributed by atoms with Gasteiger partial charge in [0.15, 0.2) is 0 Å². The van der Waals surface area contributed by atoms with Crippen LogP contribution in [0.15, 0.2) is 35.3 Å². The molecule has 2 aliphatic carbocycles. The molecular weight excluding hydrogens is 429 g/mol. The quantitative estimate of drug-likeness (QED) is 0.671. The molecule has 0 radical (unpaired) electrons. The van der Waals surface area contributed by atoms with Crippen molar-refractivity contribution in [3.8, 4) is 0 Å². The Morgan fingerprint density at radius 3 is 2.76 bits per heavy atom. The van der Waals surface area contributed by atoms with Crippen LogP contribution in [0.1, 0.15) is 42.6 Å². The van der Waals surface area contributed by atoms with E-state index in [0.717, 1.165) is 12.8 Å². The van der Waals surface area contributed by atoms with E-state index in [9.17, 15) is 19.5 Å². The molecule has 3 aliphatic rings. The highest BCUT2D eigenvalue weighted by atomic mass is 19.1. The molecule has 0 spiro atoms. The van der Waals surface area contributed by atoms with E-state index in [2.05, 4.69) is 11.4 Å². The lowest BCUT2D eigenvalue weighted by atomic mass is 9.83. The summed E-state index contributed by atoms with van der Waals surface area (Å²) in [6.45, 7) is 3.19. The summed E-state index contributed by atoms with van der Waals surface area (Å²) >= 11 is 0. The molecule has 0 bridgehead atoms. The van der Waals surface area contributed by atoms with Gasteiger partial charge in [0.25, 0.3) is 0 Å². The average Bonchev–Trinajstić information content (AvgIpc) is 3.52. The Hall–Kier alpha value is -3.36. The summed E-state index contributed by atoms with van der Waals surface area (Å²) in [5.41, 5.74) is -0.0732. The number of anilines is 1. The van der Waals surface area contributed by atoms with E-state index in [1.165, 1.54) is 12.3 Å². The lowest BCUT2D eigenvalue weighted by Gasteiger charge is -2.29. The number of pyridine rings is 1. The van der Waals surface area contributed by atoms with E-state index < -0.39 is 23.3 Å². The van der Waals surface area contributed by atoms with Gasteiger partial charge in [-0.2, -0.15) is 0 Å². The zero-order chi connectivity index (χ0) is 23.3. The van der Waals surface area contributed by atoms with Crippen LogP contribution in [0.25, 0.3) is 10.9 Å². The largest absolute Gasteiger partial charge is 0.477 e. The van der Waals surface area contributed by atoms with Gasteiger partial charge < -0.3 is 24.6 Å². The fraction of sp³-hybridized carbons (Fsp3) is 0.458. The Morgan fingerprint density at radius 1 is 1.27 bits per heavy atom. The van der Waals surface area contributed by atoms with E-state index in [1.54, 1.807) is 17.6 Å². The van der Waals surface area contributed by atoms with Crippen LogP contribution >= 0.6 is 0 Å². The van der Waals surface area contributed by atoms with Crippen molar-refractivity contribution in [1.82, 2.24) is 9.88 Å². The SMILES string of the molecule is CCOC(=O)NC1CC=CC2CN(c3cc4c(cc3F)c(=O)c(C(=O)O)cn4C3CC3)CC21. The monoisotopic (exact) mass is 455 g/mol. The highest BCUT2D eigenvalue weighted by Crippen LogP contribution is 2.40. The fourth-order valence-electron chi connectivity index (χ4n) is 5.15. The Morgan fingerprint density at radius 2 is 2.06 bits per heavy atom. The van der Waals surface area contributed by atoms with Crippen molar-refractivity contribution in [1.29, 1.82) is 0 Å². The average molecular weight is 455 g/mol. The molecule has 1 saturated carbocycles. The van der Waals surface area contributed by atoms with Gasteiger partial charge >= 0.3 is 12.1 Å². The number of carbonyl (C=O) groups excluding carboxylic acids is 1. The van der Waals surface area contributed by atoms with Crippen LogP contribution in [0.2, 0.25) is 0 Å². The van der Waals surface area contributed by atoms with Crippen LogP contribution < -0.4 is 15.6 Å². The summed E-state index contributed by atoms with van der Waals surface area (Å²) in [5.74, 6) is -1.60. The number of hydrogen-bond donors (Lipinski definition) is 2. The Bertz CT molecular complexity index is 1220. The van der Waals surface area contributed by atoms with Crippen LogP contribution in [0, 0.1) is 17.7 Å². The molecule has 1 amide bonds. The van der Waals surface area contributed by atoms with Crippen molar-refractivity contribution in [3.05, 3.63) is 52.1 Å². The maximum Gasteiger partial charge on any atom is 0.407 e. The number of rotatable bonds is 5. The Balaban J connectivity index is 1.50. The number of aromatic carboxylic acids is 1. The number of ether oxygens (including phenoxy) is 1. The van der Waals surface area contributed by atoms with Crippen LogP contribution in [-0.2, 0) is 4.74 Å². The van der Waals surface area contributed by atoms with Crippen LogP contribution in [-0.4, -0.2) is 47.5 Å². The van der Waals surface area contributed by atoms with Crippen LogP contribution in [0.5, 0.6) is 0 Å². The second-order valence-corrected chi connectivity index (χ2v) is 9.00. The molecule has 2 heterocycles. The van der Waals surface area contributed by atoms with E-state index >= 15 is 4.39 Å². The maximum absolute atomic E-state index is 15.3. The first-order valence-corrected chi connectivity index (χ1v) is 11.3. The van der Waals surface area contributed by atoms with Gasteiger partial charge in [-0.15, -0.1) is 0 Å². The van der Waals surface area contributed by atoms with Crippen molar-refractivity contribution < 1.29 is 23.8 Å². The number of hydrogen-bond acceptors (Lipinski definition) is 5. The van der Waals surface area contributed by atoms with Gasteiger partial charge in [0.2, 0.25) is 5.43 Å². The van der Waals surface area contributed by atoms with E-state index in [-0.39, 0.29) is 34.9 Å². The zero-order valence-corrected chi connectivity index (χ0v) is 18.3. The molecule has 8 nitrogen and oxygen atoms in total. The topological polar surface area (TPSA) is 101 Å². The highest BCUT2D eigenvalue weighted by molar-refractivity contribution is 5.93. The second kappa shape index (κ2) is 8.20. The van der Waals surface area contributed by atoms with Gasteiger partial charge in [-0.1, -0.05) is 12.2 Å². The van der Waals surface area contributed by atoms with Gasteiger partial charge in [0.1, 0.15) is 11.4 Å². The van der Waals surface area contributed by atoms with E-state index in [1.807, 2.05) is 11.0 Å². The molecule has 1 aromatic heterocycles. The number of alkyl carbamates (subject to hydrolysis) is 1. The number of carboxylic acids is 1. The van der Waals surface area contributed by atoms with Crippen LogP contribution in [0.4, 0.5) is 14.9 Å². The summed E-state index contributed by atoms with van der Waals surface area (Å²) < 4.78 is 22.1. The lowest BCUT2D eigenvalue weighted by molar-refractivity contribution is 0.0694. The standard InChI is InChI=1S/C24H26FN3O5/c1-2-33-24(32)26-19-5-3-4-13-10-27(11-16(13)19)21-9-20-15(8-18(21)25)22(29)17(23(30)31)12-28(20)14-6-7-14/h3-4,8-9,12-14,16,19H,2,5-7,10-11H2,1H3,(H,26,32)(H,30,31). The first kappa shape index (κ1) is 21.5. The summed E-state index contributed by atoms with van der Waals surface area (Å²) in [4.78, 5) is 38.2. The molecule has 5 rings (SSSR count). The minimum Gasteiger partial charge on any atom is -0.477 e. The number of benzene rings is 1. The number of aromatic nitrogens is 1. The van der Waals surface area contributed by atoms with Gasteiger partial charge in [0.05, 0.1) is 17.8 Å². The van der Waals surface area contributed by atoms with Crippen molar-refractivity contribution in [2.75, 3.05) is 24.6 Å². The van der Waals surface area contributed by atoms with Crippen molar-refractivity contribution in [2.45, 2.75) is 38.3 Å². The van der Waals surface area contributed by atoms with Gasteiger partial charge in [-0.25, -0.2) is 14.0 Å². The number of amides is 1. The summed E-state index contributed by atoms with van der Waals surface area (Å²) in [6, 6.07) is 2.86. The third kappa shape index (κ3) is 3.85. The predicted octanol–water partition coefficient (Wildman–Crippen LogP) is 3.30. The summed E-state index contributed by atoms with van der Waals surface area (Å²) in [5, 5.41) is 12.4. The van der Waals surface area contributed by atoms with Gasteiger partial charge in [0, 0.05) is 48.6 Å². The smallest absolute Gasteiger partial charge is 0.407 e. The molecule has 1 aliphatic heterocycles. The lowest BCUT2D eigenvalue weighted by Crippen LogP contribution is -2.44. The highest BCUT2D eigenvalue weighted by Gasteiger charge is 2.40. The normalized spacial score (nSPS) is 24.1. The van der Waals surface area contributed by atoms with Crippen LogP contribution in [0.3, 0.4) is 0 Å².